The fraction of sp³-hybridized carbons (Fsp3) is 0.600. The van der Waals surface area contributed by atoms with Gasteiger partial charge in [0.05, 0.1) is 6.42 Å². The molecule has 0 aromatic heterocycles. The van der Waals surface area contributed by atoms with Crippen molar-refractivity contribution >= 4 is 11.8 Å². The Bertz CT molecular complexity index is 714. The average molecular weight is 364 g/mol. The summed E-state index contributed by atoms with van der Waals surface area (Å²) in [6.07, 6.45) is 0.710. The number of likely N-dealkylation sites (tertiary alicyclic amines) is 2. The van der Waals surface area contributed by atoms with E-state index in [1.165, 1.54) is 12.1 Å². The molecule has 4 nitrogen and oxygen atoms in total. The van der Waals surface area contributed by atoms with Gasteiger partial charge in [-0.25, -0.2) is 8.78 Å². The maximum absolute atomic E-state index is 13.8. The second-order valence-corrected chi connectivity index (χ2v) is 8.50. The van der Waals surface area contributed by atoms with Crippen LogP contribution in [0.3, 0.4) is 0 Å². The van der Waals surface area contributed by atoms with E-state index in [2.05, 4.69) is 0 Å². The Labute approximate surface area is 153 Å². The highest BCUT2D eigenvalue weighted by Crippen LogP contribution is 2.33. The van der Waals surface area contributed by atoms with E-state index in [1.54, 1.807) is 4.90 Å². The second kappa shape index (κ2) is 6.97. The van der Waals surface area contributed by atoms with E-state index in [4.69, 9.17) is 0 Å². The van der Waals surface area contributed by atoms with E-state index in [0.29, 0.717) is 25.6 Å². The molecule has 6 heteroatoms. The fourth-order valence-electron chi connectivity index (χ4n) is 4.00. The summed E-state index contributed by atoms with van der Waals surface area (Å²) in [6.45, 7) is 8.35. The summed E-state index contributed by atoms with van der Waals surface area (Å²) in [4.78, 5) is 28.7. The van der Waals surface area contributed by atoms with Gasteiger partial charge in [-0.15, -0.1) is 0 Å². The van der Waals surface area contributed by atoms with Crippen LogP contribution < -0.4 is 0 Å². The van der Waals surface area contributed by atoms with E-state index in [1.807, 2.05) is 25.7 Å². The first kappa shape index (κ1) is 18.8. The fourth-order valence-corrected chi connectivity index (χ4v) is 4.00. The third-order valence-corrected chi connectivity index (χ3v) is 5.46. The Balaban J connectivity index is 1.62. The smallest absolute Gasteiger partial charge is 0.227 e. The lowest BCUT2D eigenvalue weighted by molar-refractivity contribution is -0.138. The van der Waals surface area contributed by atoms with Crippen LogP contribution in [0.25, 0.3) is 0 Å². The Kier molecular flexibility index (Phi) is 5.04. The van der Waals surface area contributed by atoms with E-state index in [9.17, 15) is 18.4 Å². The second-order valence-electron chi connectivity index (χ2n) is 8.50. The van der Waals surface area contributed by atoms with Crippen LogP contribution >= 0.6 is 0 Å². The van der Waals surface area contributed by atoms with E-state index < -0.39 is 17.0 Å². The van der Waals surface area contributed by atoms with Gasteiger partial charge in [0.1, 0.15) is 0 Å². The molecule has 1 aromatic carbocycles. The highest BCUT2D eigenvalue weighted by atomic mass is 19.2. The van der Waals surface area contributed by atoms with Gasteiger partial charge in [0.25, 0.3) is 0 Å². The van der Waals surface area contributed by atoms with Crippen molar-refractivity contribution in [2.45, 2.75) is 33.6 Å². The third-order valence-electron chi connectivity index (χ3n) is 5.46. The molecule has 2 heterocycles. The van der Waals surface area contributed by atoms with Crippen molar-refractivity contribution in [2.24, 2.45) is 17.3 Å². The molecular formula is C20H26F2N2O2. The Morgan fingerprint density at radius 1 is 1.08 bits per heavy atom. The van der Waals surface area contributed by atoms with Crippen LogP contribution in [0.15, 0.2) is 18.2 Å². The molecule has 2 saturated heterocycles. The van der Waals surface area contributed by atoms with E-state index in [0.717, 1.165) is 19.0 Å². The summed E-state index contributed by atoms with van der Waals surface area (Å²) in [7, 11) is 0. The van der Waals surface area contributed by atoms with Crippen molar-refractivity contribution in [3.63, 3.8) is 0 Å². The molecule has 3 rings (SSSR count). The Hall–Kier alpha value is -1.98. The molecule has 2 atom stereocenters. The van der Waals surface area contributed by atoms with Gasteiger partial charge in [-0.05, 0) is 24.3 Å². The molecule has 0 N–H and O–H groups in total. The molecule has 2 aliphatic heterocycles. The molecule has 142 valence electrons. The summed E-state index contributed by atoms with van der Waals surface area (Å²) >= 11 is 0. The van der Waals surface area contributed by atoms with Gasteiger partial charge in [0, 0.05) is 37.2 Å². The van der Waals surface area contributed by atoms with Crippen molar-refractivity contribution in [1.82, 2.24) is 9.80 Å². The quantitative estimate of drug-likeness (QED) is 0.810. The number of hydrogen-bond donors (Lipinski definition) is 0. The summed E-state index contributed by atoms with van der Waals surface area (Å²) in [5.41, 5.74) is -0.314. The molecule has 0 aliphatic carbocycles. The highest BCUT2D eigenvalue weighted by molar-refractivity contribution is 5.82. The maximum Gasteiger partial charge on any atom is 0.227 e. The van der Waals surface area contributed by atoms with Crippen LogP contribution in [0.4, 0.5) is 8.78 Å². The summed E-state index contributed by atoms with van der Waals surface area (Å²) in [5.74, 6) is -1.24. The lowest BCUT2D eigenvalue weighted by Gasteiger charge is -2.34. The van der Waals surface area contributed by atoms with Crippen LogP contribution in [0.1, 0.15) is 32.8 Å². The van der Waals surface area contributed by atoms with Crippen LogP contribution in [-0.4, -0.2) is 47.8 Å². The molecule has 2 unspecified atom stereocenters. The minimum atomic E-state index is -0.946. The Morgan fingerprint density at radius 2 is 1.73 bits per heavy atom. The molecule has 0 radical (unpaired) electrons. The first-order chi connectivity index (χ1) is 12.2. The van der Waals surface area contributed by atoms with Gasteiger partial charge in [0.2, 0.25) is 11.8 Å². The molecule has 2 aliphatic rings. The zero-order chi connectivity index (χ0) is 19.1. The molecule has 2 fully saturated rings. The van der Waals surface area contributed by atoms with Crippen molar-refractivity contribution in [2.75, 3.05) is 26.2 Å². The molecule has 26 heavy (non-hydrogen) atoms. The average Bonchev–Trinajstić information content (AvgIpc) is 3.00. The highest BCUT2D eigenvalue weighted by Gasteiger charge is 2.42. The zero-order valence-electron chi connectivity index (χ0n) is 15.6. The number of hydrogen-bond acceptors (Lipinski definition) is 2. The monoisotopic (exact) mass is 364 g/mol. The lowest BCUT2D eigenvalue weighted by Crippen LogP contribution is -2.44. The number of halogens is 2. The molecular weight excluding hydrogens is 338 g/mol. The topological polar surface area (TPSA) is 40.6 Å². The minimum Gasteiger partial charge on any atom is -0.342 e. The van der Waals surface area contributed by atoms with Crippen molar-refractivity contribution in [1.29, 1.82) is 0 Å². The number of piperidine rings is 1. The molecule has 1 aromatic rings. The predicted molar refractivity (Wildman–Crippen MR) is 94.3 cm³/mol. The Morgan fingerprint density at radius 3 is 2.42 bits per heavy atom. The number of carbonyl (C=O) groups excluding carboxylic acids is 2. The molecule has 0 saturated carbocycles. The van der Waals surface area contributed by atoms with Crippen LogP contribution in [0.5, 0.6) is 0 Å². The summed E-state index contributed by atoms with van der Waals surface area (Å²) in [6, 6.07) is 3.91. The number of benzene rings is 1. The van der Waals surface area contributed by atoms with Crippen LogP contribution in [0, 0.1) is 28.9 Å². The van der Waals surface area contributed by atoms with Crippen LogP contribution in [-0.2, 0) is 16.0 Å². The van der Waals surface area contributed by atoms with Gasteiger partial charge in [-0.2, -0.15) is 0 Å². The number of fused-ring (bicyclic) bond motifs is 1. The van der Waals surface area contributed by atoms with Gasteiger partial charge < -0.3 is 9.80 Å². The van der Waals surface area contributed by atoms with Crippen molar-refractivity contribution < 1.29 is 18.4 Å². The number of amides is 2. The molecule has 2 amide bonds. The predicted octanol–water partition coefficient (Wildman–Crippen LogP) is 2.86. The van der Waals surface area contributed by atoms with Gasteiger partial charge in [-0.1, -0.05) is 32.9 Å². The third kappa shape index (κ3) is 3.74. The number of rotatable bonds is 2. The maximum atomic E-state index is 13.8. The van der Waals surface area contributed by atoms with Gasteiger partial charge in [0.15, 0.2) is 11.6 Å². The van der Waals surface area contributed by atoms with E-state index in [-0.39, 0.29) is 29.7 Å². The standard InChI is InChI=1S/C20H26F2N2O2/c1-20(2,3)19(26)24-10-14-7-8-23(11-15(14)12-24)17(25)9-13-5-4-6-16(21)18(13)22/h4-6,14-15H,7-12H2,1-3H3. The molecule has 0 spiro atoms. The molecule has 0 bridgehead atoms. The van der Waals surface area contributed by atoms with Crippen LogP contribution in [0.2, 0.25) is 0 Å². The summed E-state index contributed by atoms with van der Waals surface area (Å²) < 4.78 is 27.1. The first-order valence-electron chi connectivity index (χ1n) is 9.17. The van der Waals surface area contributed by atoms with Crippen molar-refractivity contribution in [3.05, 3.63) is 35.4 Å². The van der Waals surface area contributed by atoms with Gasteiger partial charge >= 0.3 is 0 Å². The SMILES string of the molecule is CC(C)(C)C(=O)N1CC2CCN(C(=O)Cc3cccc(F)c3F)CC2C1. The summed E-state index contributed by atoms with van der Waals surface area (Å²) in [5, 5.41) is 0. The first-order valence-corrected chi connectivity index (χ1v) is 9.17. The number of carbonyl (C=O) groups is 2. The number of nitrogens with zero attached hydrogens (tertiary/aromatic N) is 2. The zero-order valence-corrected chi connectivity index (χ0v) is 15.6. The largest absolute Gasteiger partial charge is 0.342 e. The van der Waals surface area contributed by atoms with E-state index >= 15 is 0 Å². The van der Waals surface area contributed by atoms with Crippen molar-refractivity contribution in [3.8, 4) is 0 Å². The lowest BCUT2D eigenvalue weighted by atomic mass is 9.88. The normalized spacial score (nSPS) is 23.1. The van der Waals surface area contributed by atoms with Gasteiger partial charge in [-0.3, -0.25) is 9.59 Å². The minimum absolute atomic E-state index is 0.0908.